The lowest BCUT2D eigenvalue weighted by Crippen LogP contribution is -2.50. The van der Waals surface area contributed by atoms with Crippen LogP contribution in [-0.4, -0.2) is 48.0 Å². The maximum absolute atomic E-state index is 12.3. The average molecular weight is 321 g/mol. The van der Waals surface area contributed by atoms with E-state index in [9.17, 15) is 8.42 Å². The van der Waals surface area contributed by atoms with Crippen LogP contribution in [0.15, 0.2) is 6.07 Å². The van der Waals surface area contributed by atoms with Crippen molar-refractivity contribution in [2.45, 2.75) is 33.0 Å². The smallest absolute Gasteiger partial charge is 0.304 e. The van der Waals surface area contributed by atoms with E-state index in [0.29, 0.717) is 18.8 Å². The molecule has 1 aliphatic rings. The average Bonchev–Trinajstić information content (AvgIpc) is 2.25. The first-order valence-corrected chi connectivity index (χ1v) is 8.02. The number of anilines is 1. The molecule has 112 valence electrons. The van der Waals surface area contributed by atoms with Crippen molar-refractivity contribution in [3.8, 4) is 0 Å². The maximum Gasteiger partial charge on any atom is 0.304 e. The summed E-state index contributed by atoms with van der Waals surface area (Å²) in [5, 5.41) is 0.193. The van der Waals surface area contributed by atoms with E-state index in [1.54, 1.807) is 13.0 Å². The summed E-state index contributed by atoms with van der Waals surface area (Å²) in [6.07, 6.45) is -0.310. The molecule has 0 aromatic carbocycles. The number of rotatable bonds is 3. The van der Waals surface area contributed by atoms with Crippen LogP contribution in [0, 0.1) is 6.92 Å². The summed E-state index contributed by atoms with van der Waals surface area (Å²) in [6.45, 7) is 5.96. The maximum atomic E-state index is 12.3. The van der Waals surface area contributed by atoms with Gasteiger partial charge in [0.05, 0.1) is 12.2 Å². The predicted octanol–water partition coefficient (Wildman–Crippen LogP) is 1.20. The standard InChI is InChI=1S/C11H17ClN4O3S/c1-7-4-10(12)14-11(13-7)15-20(17,18)16-5-8(2)19-9(3)6-16/h4,8-9H,5-6H2,1-3H3,(H,13,14,15). The number of hydrogen-bond donors (Lipinski definition) is 1. The fourth-order valence-electron chi connectivity index (χ4n) is 2.08. The summed E-state index contributed by atoms with van der Waals surface area (Å²) < 4.78 is 33.8. The van der Waals surface area contributed by atoms with E-state index in [1.165, 1.54) is 4.31 Å². The van der Waals surface area contributed by atoms with E-state index in [2.05, 4.69) is 14.7 Å². The molecule has 1 fully saturated rings. The molecule has 9 heteroatoms. The molecule has 1 aliphatic heterocycles. The molecule has 7 nitrogen and oxygen atoms in total. The zero-order chi connectivity index (χ0) is 14.9. The first kappa shape index (κ1) is 15.4. The molecule has 0 saturated carbocycles. The van der Waals surface area contributed by atoms with E-state index >= 15 is 0 Å². The molecule has 1 saturated heterocycles. The number of morpholine rings is 1. The normalized spacial score (nSPS) is 24.6. The largest absolute Gasteiger partial charge is 0.373 e. The monoisotopic (exact) mass is 320 g/mol. The van der Waals surface area contributed by atoms with Gasteiger partial charge in [-0.05, 0) is 26.8 Å². The zero-order valence-corrected chi connectivity index (χ0v) is 13.1. The van der Waals surface area contributed by atoms with Crippen LogP contribution >= 0.6 is 11.6 Å². The van der Waals surface area contributed by atoms with E-state index in [-0.39, 0.29) is 23.3 Å². The summed E-state index contributed by atoms with van der Waals surface area (Å²) in [6, 6.07) is 1.55. The second-order valence-electron chi connectivity index (χ2n) is 4.84. The van der Waals surface area contributed by atoms with Crippen molar-refractivity contribution in [3.05, 3.63) is 16.9 Å². The van der Waals surface area contributed by atoms with Gasteiger partial charge in [0.1, 0.15) is 5.15 Å². The minimum atomic E-state index is -3.72. The highest BCUT2D eigenvalue weighted by Crippen LogP contribution is 2.17. The molecule has 0 aliphatic carbocycles. The Morgan fingerprint density at radius 3 is 2.50 bits per heavy atom. The summed E-state index contributed by atoms with van der Waals surface area (Å²) in [5.74, 6) is -0.0261. The molecule has 2 atom stereocenters. The van der Waals surface area contributed by atoms with Crippen LogP contribution in [0.3, 0.4) is 0 Å². The molecule has 0 radical (unpaired) electrons. The molecule has 2 rings (SSSR count). The Labute approximate surface area is 123 Å². The van der Waals surface area contributed by atoms with E-state index < -0.39 is 10.2 Å². The van der Waals surface area contributed by atoms with Crippen LogP contribution in [0.2, 0.25) is 5.15 Å². The molecule has 0 bridgehead atoms. The van der Waals surface area contributed by atoms with Gasteiger partial charge in [-0.15, -0.1) is 0 Å². The van der Waals surface area contributed by atoms with Gasteiger partial charge < -0.3 is 4.74 Å². The fraction of sp³-hybridized carbons (Fsp3) is 0.636. The molecular weight excluding hydrogens is 304 g/mol. The highest BCUT2D eigenvalue weighted by Gasteiger charge is 2.31. The summed E-state index contributed by atoms with van der Waals surface area (Å²) in [5.41, 5.74) is 0.589. The van der Waals surface area contributed by atoms with Gasteiger partial charge in [-0.3, -0.25) is 0 Å². The van der Waals surface area contributed by atoms with Gasteiger partial charge in [0.2, 0.25) is 5.95 Å². The third kappa shape index (κ3) is 3.78. The first-order valence-electron chi connectivity index (χ1n) is 6.21. The second-order valence-corrected chi connectivity index (χ2v) is 6.89. The Kier molecular flexibility index (Phi) is 4.48. The number of nitrogens with zero attached hydrogens (tertiary/aromatic N) is 3. The van der Waals surface area contributed by atoms with E-state index in [1.807, 2.05) is 13.8 Å². The molecule has 2 heterocycles. The quantitative estimate of drug-likeness (QED) is 0.846. The highest BCUT2D eigenvalue weighted by atomic mass is 35.5. The minimum absolute atomic E-state index is 0.0261. The molecule has 1 N–H and O–H groups in total. The summed E-state index contributed by atoms with van der Waals surface area (Å²) in [4.78, 5) is 7.87. The second kappa shape index (κ2) is 5.80. The lowest BCUT2D eigenvalue weighted by atomic mass is 10.3. The molecular formula is C11H17ClN4O3S. The van der Waals surface area contributed by atoms with Crippen LogP contribution in [0.1, 0.15) is 19.5 Å². The van der Waals surface area contributed by atoms with Gasteiger partial charge in [0, 0.05) is 18.8 Å². The molecule has 2 unspecified atom stereocenters. The lowest BCUT2D eigenvalue weighted by molar-refractivity contribution is -0.0439. The van der Waals surface area contributed by atoms with Gasteiger partial charge in [-0.1, -0.05) is 11.6 Å². The molecule has 20 heavy (non-hydrogen) atoms. The van der Waals surface area contributed by atoms with Gasteiger partial charge in [0.25, 0.3) is 0 Å². The Morgan fingerprint density at radius 1 is 1.35 bits per heavy atom. The summed E-state index contributed by atoms with van der Waals surface area (Å²) in [7, 11) is -3.72. The van der Waals surface area contributed by atoms with Crippen molar-refractivity contribution in [1.29, 1.82) is 0 Å². The molecule has 0 spiro atoms. The summed E-state index contributed by atoms with van der Waals surface area (Å²) >= 11 is 5.79. The number of aromatic nitrogens is 2. The molecule has 1 aromatic rings. The van der Waals surface area contributed by atoms with Crippen LogP contribution < -0.4 is 4.72 Å². The zero-order valence-electron chi connectivity index (χ0n) is 11.5. The van der Waals surface area contributed by atoms with E-state index in [0.717, 1.165) is 0 Å². The topological polar surface area (TPSA) is 84.4 Å². The van der Waals surface area contributed by atoms with E-state index in [4.69, 9.17) is 16.3 Å². The van der Waals surface area contributed by atoms with Crippen LogP contribution in [0.25, 0.3) is 0 Å². The third-order valence-corrected chi connectivity index (χ3v) is 4.38. The first-order chi connectivity index (χ1) is 9.26. The lowest BCUT2D eigenvalue weighted by Gasteiger charge is -2.34. The fourth-order valence-corrected chi connectivity index (χ4v) is 3.58. The third-order valence-electron chi connectivity index (χ3n) is 2.77. The van der Waals surface area contributed by atoms with Crippen molar-refractivity contribution in [2.75, 3.05) is 17.8 Å². The number of hydrogen-bond acceptors (Lipinski definition) is 5. The van der Waals surface area contributed by atoms with Crippen LogP contribution in [-0.2, 0) is 14.9 Å². The predicted molar refractivity (Wildman–Crippen MR) is 75.9 cm³/mol. The van der Waals surface area contributed by atoms with Crippen molar-refractivity contribution in [1.82, 2.24) is 14.3 Å². The van der Waals surface area contributed by atoms with Crippen LogP contribution in [0.5, 0.6) is 0 Å². The minimum Gasteiger partial charge on any atom is -0.373 e. The van der Waals surface area contributed by atoms with Crippen LogP contribution in [0.4, 0.5) is 5.95 Å². The van der Waals surface area contributed by atoms with Gasteiger partial charge >= 0.3 is 10.2 Å². The number of aryl methyl sites for hydroxylation is 1. The molecule has 0 amide bonds. The Bertz CT molecular complexity index is 565. The van der Waals surface area contributed by atoms with Gasteiger partial charge in [-0.25, -0.2) is 14.7 Å². The van der Waals surface area contributed by atoms with Crippen molar-refractivity contribution in [2.24, 2.45) is 0 Å². The number of halogens is 1. The number of ether oxygens (including phenoxy) is 1. The van der Waals surface area contributed by atoms with Gasteiger partial charge in [0.15, 0.2) is 0 Å². The van der Waals surface area contributed by atoms with Crippen molar-refractivity contribution >= 4 is 27.8 Å². The Hall–Kier alpha value is -0.960. The van der Waals surface area contributed by atoms with Crippen molar-refractivity contribution < 1.29 is 13.2 Å². The highest BCUT2D eigenvalue weighted by molar-refractivity contribution is 7.90. The molecule has 1 aromatic heterocycles. The number of nitrogens with one attached hydrogen (secondary N) is 1. The Morgan fingerprint density at radius 2 is 1.95 bits per heavy atom. The Balaban J connectivity index is 2.18. The van der Waals surface area contributed by atoms with Crippen molar-refractivity contribution in [3.63, 3.8) is 0 Å². The van der Waals surface area contributed by atoms with Gasteiger partial charge in [-0.2, -0.15) is 12.7 Å². The SMILES string of the molecule is Cc1cc(Cl)nc(NS(=O)(=O)N2CC(C)OC(C)C2)n1.